The monoisotopic (exact) mass is 141 g/mol. The van der Waals surface area contributed by atoms with Crippen LogP contribution in [0, 0.1) is 11.3 Å². The minimum Gasteiger partial charge on any atom is -0.352 e. The Morgan fingerprint density at radius 2 is 2.00 bits per heavy atom. The number of nitriles is 1. The van der Waals surface area contributed by atoms with Crippen LogP contribution in [-0.2, 0) is 9.47 Å². The van der Waals surface area contributed by atoms with E-state index in [2.05, 4.69) is 0 Å². The molecule has 0 spiro atoms. The van der Waals surface area contributed by atoms with Crippen LogP contribution in [0.2, 0.25) is 0 Å². The van der Waals surface area contributed by atoms with Crippen molar-refractivity contribution in [3.05, 3.63) is 11.6 Å². The quantitative estimate of drug-likeness (QED) is 0.436. The average molecular weight is 141 g/mol. The second-order valence-electron chi connectivity index (χ2n) is 1.82. The van der Waals surface area contributed by atoms with Crippen LogP contribution in [0.25, 0.3) is 0 Å². The molecule has 0 aromatic carbocycles. The summed E-state index contributed by atoms with van der Waals surface area (Å²) >= 11 is 0. The van der Waals surface area contributed by atoms with Crippen LogP contribution in [0.3, 0.4) is 0 Å². The largest absolute Gasteiger partial charge is 0.352 e. The molecule has 3 heteroatoms. The second-order valence-corrected chi connectivity index (χ2v) is 1.82. The van der Waals surface area contributed by atoms with Crippen LogP contribution < -0.4 is 0 Å². The van der Waals surface area contributed by atoms with E-state index in [0.29, 0.717) is 0 Å². The van der Waals surface area contributed by atoms with Crippen molar-refractivity contribution in [2.24, 2.45) is 0 Å². The molecule has 0 aliphatic carbocycles. The summed E-state index contributed by atoms with van der Waals surface area (Å²) in [6, 6.07) is 1.89. The third-order valence-corrected chi connectivity index (χ3v) is 1.09. The molecule has 0 radical (unpaired) electrons. The minimum atomic E-state index is -0.389. The maximum absolute atomic E-state index is 8.24. The summed E-state index contributed by atoms with van der Waals surface area (Å²) in [4.78, 5) is 0. The summed E-state index contributed by atoms with van der Waals surface area (Å²) in [5, 5.41) is 8.24. The Morgan fingerprint density at radius 1 is 1.50 bits per heavy atom. The second kappa shape index (κ2) is 4.98. The molecule has 0 heterocycles. The van der Waals surface area contributed by atoms with Crippen molar-refractivity contribution in [2.75, 3.05) is 14.2 Å². The number of rotatable bonds is 3. The highest BCUT2D eigenvalue weighted by atomic mass is 16.7. The number of nitrogens with zero attached hydrogens (tertiary/aromatic N) is 1. The topological polar surface area (TPSA) is 42.2 Å². The predicted octanol–water partition coefficient (Wildman–Crippen LogP) is 1.08. The van der Waals surface area contributed by atoms with E-state index < -0.39 is 0 Å². The van der Waals surface area contributed by atoms with Gasteiger partial charge >= 0.3 is 0 Å². The molecule has 56 valence electrons. The Morgan fingerprint density at radius 3 is 2.30 bits per heavy atom. The first kappa shape index (κ1) is 9.15. The van der Waals surface area contributed by atoms with Gasteiger partial charge in [0.15, 0.2) is 6.29 Å². The summed E-state index contributed by atoms with van der Waals surface area (Å²) in [5.41, 5.74) is 0.771. The normalized spacial score (nSPS) is 11.7. The van der Waals surface area contributed by atoms with Crippen LogP contribution in [0.5, 0.6) is 0 Å². The highest BCUT2D eigenvalue weighted by molar-refractivity contribution is 5.13. The number of ether oxygens (including phenoxy) is 2. The molecule has 0 unspecified atom stereocenters. The van der Waals surface area contributed by atoms with Gasteiger partial charge in [0, 0.05) is 20.3 Å². The molecule has 3 nitrogen and oxygen atoms in total. The Bertz CT molecular complexity index is 153. The lowest BCUT2D eigenvalue weighted by Gasteiger charge is -2.11. The van der Waals surface area contributed by atoms with Gasteiger partial charge in [0.05, 0.1) is 6.07 Å². The third-order valence-electron chi connectivity index (χ3n) is 1.09. The number of methoxy groups -OCH3 is 2. The minimum absolute atomic E-state index is 0.389. The lowest BCUT2D eigenvalue weighted by molar-refractivity contribution is -0.0746. The predicted molar refractivity (Wildman–Crippen MR) is 37.2 cm³/mol. The molecule has 0 rings (SSSR count). The smallest absolute Gasteiger partial charge is 0.179 e. The summed E-state index contributed by atoms with van der Waals surface area (Å²) in [7, 11) is 3.06. The Kier molecular flexibility index (Phi) is 4.55. The number of allylic oxidation sites excluding steroid dienone is 1. The van der Waals surface area contributed by atoms with Gasteiger partial charge in [0.1, 0.15) is 0 Å². The SMILES string of the molecule is COC(OC)/C(C)=C\C#N. The summed E-state index contributed by atoms with van der Waals surface area (Å²) in [5.74, 6) is 0. The van der Waals surface area contributed by atoms with E-state index in [4.69, 9.17) is 14.7 Å². The van der Waals surface area contributed by atoms with Crippen molar-refractivity contribution in [3.63, 3.8) is 0 Å². The van der Waals surface area contributed by atoms with Crippen LogP contribution in [0.1, 0.15) is 6.92 Å². The molecule has 0 aliphatic rings. The first-order valence-corrected chi connectivity index (χ1v) is 2.88. The maximum Gasteiger partial charge on any atom is 0.179 e. The molecular weight excluding hydrogens is 130 g/mol. The van der Waals surface area contributed by atoms with E-state index in [-0.39, 0.29) is 6.29 Å². The van der Waals surface area contributed by atoms with Crippen molar-refractivity contribution in [1.82, 2.24) is 0 Å². The molecule has 10 heavy (non-hydrogen) atoms. The van der Waals surface area contributed by atoms with Crippen molar-refractivity contribution in [2.45, 2.75) is 13.2 Å². The van der Waals surface area contributed by atoms with Gasteiger partial charge in [0.25, 0.3) is 0 Å². The molecule has 0 amide bonds. The summed E-state index contributed by atoms with van der Waals surface area (Å²) in [6.45, 7) is 1.78. The van der Waals surface area contributed by atoms with E-state index in [0.717, 1.165) is 5.57 Å². The molecule has 0 N–H and O–H groups in total. The van der Waals surface area contributed by atoms with Crippen molar-refractivity contribution in [1.29, 1.82) is 5.26 Å². The zero-order chi connectivity index (χ0) is 7.98. The molecule has 0 aromatic heterocycles. The average Bonchev–Trinajstić information content (AvgIpc) is 1.91. The van der Waals surface area contributed by atoms with Gasteiger partial charge in [-0.05, 0) is 12.5 Å². The van der Waals surface area contributed by atoms with Gasteiger partial charge in [-0.25, -0.2) is 0 Å². The molecule has 0 atom stereocenters. The van der Waals surface area contributed by atoms with Gasteiger partial charge in [0.2, 0.25) is 0 Å². The van der Waals surface area contributed by atoms with E-state index in [1.54, 1.807) is 6.92 Å². The van der Waals surface area contributed by atoms with Crippen LogP contribution in [0.15, 0.2) is 11.6 Å². The molecule has 0 aliphatic heterocycles. The van der Waals surface area contributed by atoms with Gasteiger partial charge in [-0.1, -0.05) is 0 Å². The Hall–Kier alpha value is -0.850. The van der Waals surface area contributed by atoms with Crippen molar-refractivity contribution in [3.8, 4) is 6.07 Å². The van der Waals surface area contributed by atoms with E-state index in [1.165, 1.54) is 20.3 Å². The highest BCUT2D eigenvalue weighted by Gasteiger charge is 2.05. The van der Waals surface area contributed by atoms with Crippen LogP contribution in [0.4, 0.5) is 0 Å². The van der Waals surface area contributed by atoms with E-state index >= 15 is 0 Å². The Balaban J connectivity index is 4.04. The van der Waals surface area contributed by atoms with Crippen molar-refractivity contribution < 1.29 is 9.47 Å². The fourth-order valence-electron chi connectivity index (χ4n) is 0.638. The fraction of sp³-hybridized carbons (Fsp3) is 0.571. The zero-order valence-electron chi connectivity index (χ0n) is 6.42. The fourth-order valence-corrected chi connectivity index (χ4v) is 0.638. The van der Waals surface area contributed by atoms with Crippen LogP contribution in [-0.4, -0.2) is 20.5 Å². The van der Waals surface area contributed by atoms with E-state index in [9.17, 15) is 0 Å². The number of hydrogen-bond acceptors (Lipinski definition) is 3. The molecule has 0 bridgehead atoms. The third kappa shape index (κ3) is 2.62. The zero-order valence-corrected chi connectivity index (χ0v) is 6.42. The van der Waals surface area contributed by atoms with Crippen molar-refractivity contribution >= 4 is 0 Å². The lowest BCUT2D eigenvalue weighted by Crippen LogP contribution is -2.13. The van der Waals surface area contributed by atoms with Gasteiger partial charge in [-0.15, -0.1) is 0 Å². The van der Waals surface area contributed by atoms with Gasteiger partial charge in [-0.3, -0.25) is 0 Å². The first-order valence-electron chi connectivity index (χ1n) is 2.88. The molecule has 0 saturated carbocycles. The van der Waals surface area contributed by atoms with Gasteiger partial charge in [-0.2, -0.15) is 5.26 Å². The standard InChI is InChI=1S/C7H11NO2/c1-6(4-5-8)7(9-2)10-3/h4,7H,1-3H3/b6-4-. The molecule has 0 fully saturated rings. The van der Waals surface area contributed by atoms with Gasteiger partial charge < -0.3 is 9.47 Å². The molecular formula is C7H11NO2. The molecule has 0 saturated heterocycles. The maximum atomic E-state index is 8.24. The highest BCUT2D eigenvalue weighted by Crippen LogP contribution is 2.04. The van der Waals surface area contributed by atoms with E-state index in [1.807, 2.05) is 6.07 Å². The Labute approximate surface area is 60.9 Å². The lowest BCUT2D eigenvalue weighted by atomic mass is 10.3. The molecule has 0 aromatic rings. The summed E-state index contributed by atoms with van der Waals surface area (Å²) < 4.78 is 9.74. The van der Waals surface area contributed by atoms with Crippen LogP contribution >= 0.6 is 0 Å². The first-order chi connectivity index (χ1) is 4.76. The summed E-state index contributed by atoms with van der Waals surface area (Å²) in [6.07, 6.45) is 1.01. The number of hydrogen-bond donors (Lipinski definition) is 0.